The van der Waals surface area contributed by atoms with Crippen LogP contribution in [0.15, 0.2) is 59.3 Å². The number of nitrogens with zero attached hydrogens (tertiary/aromatic N) is 2. The molecular weight excluding hydrogens is 457 g/mol. The molecule has 2 aliphatic rings. The molecule has 7 heteroatoms. The van der Waals surface area contributed by atoms with Gasteiger partial charge in [0.05, 0.1) is 0 Å². The highest BCUT2D eigenvalue weighted by Crippen LogP contribution is 2.36. The van der Waals surface area contributed by atoms with E-state index in [9.17, 15) is 18.0 Å². The number of thiophene rings is 1. The number of halogens is 3. The van der Waals surface area contributed by atoms with Gasteiger partial charge in [0.25, 0.3) is 5.91 Å². The van der Waals surface area contributed by atoms with Crippen molar-refractivity contribution in [3.8, 4) is 0 Å². The highest BCUT2D eigenvalue weighted by atomic mass is 32.1. The third-order valence-electron chi connectivity index (χ3n) is 7.29. The summed E-state index contributed by atoms with van der Waals surface area (Å²) in [6.45, 7) is 3.98. The van der Waals surface area contributed by atoms with Crippen molar-refractivity contribution in [3.05, 3.63) is 93.4 Å². The molecular formula is C27H27F3N2OS. The first kappa shape index (κ1) is 23.1. The molecule has 5 rings (SSSR count). The Morgan fingerprint density at radius 2 is 1.68 bits per heavy atom. The van der Waals surface area contributed by atoms with Gasteiger partial charge in [0.1, 0.15) is 5.82 Å². The van der Waals surface area contributed by atoms with Crippen molar-refractivity contribution >= 4 is 17.2 Å². The maximum absolute atomic E-state index is 13.7. The predicted molar refractivity (Wildman–Crippen MR) is 128 cm³/mol. The Labute approximate surface area is 201 Å². The van der Waals surface area contributed by atoms with E-state index in [4.69, 9.17) is 0 Å². The third-order valence-corrected chi connectivity index (χ3v) is 7.99. The molecule has 1 aromatic heterocycles. The molecule has 0 bridgehead atoms. The summed E-state index contributed by atoms with van der Waals surface area (Å²) < 4.78 is 40.3. The van der Waals surface area contributed by atoms with Crippen LogP contribution in [0, 0.1) is 23.4 Å². The van der Waals surface area contributed by atoms with E-state index >= 15 is 0 Å². The van der Waals surface area contributed by atoms with E-state index in [0.717, 1.165) is 44.6 Å². The Balaban J connectivity index is 1.26. The van der Waals surface area contributed by atoms with Crippen molar-refractivity contribution in [2.45, 2.75) is 24.7 Å². The summed E-state index contributed by atoms with van der Waals surface area (Å²) in [5, 5.41) is 4.20. The molecule has 2 saturated heterocycles. The number of amides is 1. The maximum atomic E-state index is 13.7. The topological polar surface area (TPSA) is 23.6 Å². The zero-order valence-electron chi connectivity index (χ0n) is 18.8. The van der Waals surface area contributed by atoms with Crippen LogP contribution in [0.3, 0.4) is 0 Å². The molecule has 178 valence electrons. The molecule has 0 N–H and O–H groups in total. The summed E-state index contributed by atoms with van der Waals surface area (Å²) in [5.41, 5.74) is 2.61. The molecule has 2 unspecified atom stereocenters. The molecule has 2 aliphatic heterocycles. The second kappa shape index (κ2) is 9.92. The number of likely N-dealkylation sites (tertiary alicyclic amines) is 2. The zero-order valence-corrected chi connectivity index (χ0v) is 19.6. The first-order valence-electron chi connectivity index (χ1n) is 11.7. The number of benzene rings is 2. The Bertz CT molecular complexity index is 1130. The van der Waals surface area contributed by atoms with E-state index in [1.165, 1.54) is 29.3 Å². The monoisotopic (exact) mass is 484 g/mol. The molecule has 3 heterocycles. The van der Waals surface area contributed by atoms with E-state index in [1.54, 1.807) is 16.2 Å². The largest absolute Gasteiger partial charge is 0.338 e. The van der Waals surface area contributed by atoms with Gasteiger partial charge in [-0.1, -0.05) is 12.1 Å². The van der Waals surface area contributed by atoms with Gasteiger partial charge in [-0.15, -0.1) is 0 Å². The van der Waals surface area contributed by atoms with Crippen molar-refractivity contribution in [1.29, 1.82) is 0 Å². The molecule has 0 radical (unpaired) electrons. The molecule has 0 spiro atoms. The normalized spacial score (nSPS) is 21.8. The van der Waals surface area contributed by atoms with E-state index in [-0.39, 0.29) is 29.1 Å². The van der Waals surface area contributed by atoms with Gasteiger partial charge in [-0.2, -0.15) is 11.3 Å². The number of piperidine rings is 1. The number of rotatable bonds is 5. The third kappa shape index (κ3) is 4.91. The van der Waals surface area contributed by atoms with E-state index < -0.39 is 11.6 Å². The van der Waals surface area contributed by atoms with Crippen LogP contribution >= 0.6 is 11.3 Å². The van der Waals surface area contributed by atoms with Crippen LogP contribution in [-0.2, 0) is 0 Å². The summed E-state index contributed by atoms with van der Waals surface area (Å²) in [6, 6.07) is 12.3. The Hall–Kier alpha value is -2.64. The first-order chi connectivity index (χ1) is 16.5. The van der Waals surface area contributed by atoms with Crippen LogP contribution in [0.4, 0.5) is 13.2 Å². The van der Waals surface area contributed by atoms with Gasteiger partial charge < -0.3 is 9.80 Å². The van der Waals surface area contributed by atoms with Crippen LogP contribution < -0.4 is 0 Å². The van der Waals surface area contributed by atoms with Gasteiger partial charge in [0.15, 0.2) is 11.6 Å². The highest BCUT2D eigenvalue weighted by molar-refractivity contribution is 7.08. The number of hydrogen-bond donors (Lipinski definition) is 0. The SMILES string of the molecule is O=C(c1ccc(F)c(F)c1)N1CC(CN2CCC(c3ccc(F)cc3)CC2)C(c2ccsc2)C1. The lowest BCUT2D eigenvalue weighted by atomic mass is 9.87. The average molecular weight is 485 g/mol. The minimum atomic E-state index is -1.000. The second-order valence-electron chi connectivity index (χ2n) is 9.39. The summed E-state index contributed by atoms with van der Waals surface area (Å²) in [4.78, 5) is 17.3. The van der Waals surface area contributed by atoms with Crippen LogP contribution in [0.25, 0.3) is 0 Å². The molecule has 2 fully saturated rings. The maximum Gasteiger partial charge on any atom is 0.253 e. The van der Waals surface area contributed by atoms with Crippen LogP contribution in [0.5, 0.6) is 0 Å². The smallest absolute Gasteiger partial charge is 0.253 e. The minimum absolute atomic E-state index is 0.184. The molecule has 3 nitrogen and oxygen atoms in total. The number of hydrogen-bond acceptors (Lipinski definition) is 3. The fraction of sp³-hybridized carbons (Fsp3) is 0.370. The Morgan fingerprint density at radius 3 is 2.35 bits per heavy atom. The molecule has 0 saturated carbocycles. The van der Waals surface area contributed by atoms with Gasteiger partial charge >= 0.3 is 0 Å². The highest BCUT2D eigenvalue weighted by Gasteiger charge is 2.38. The van der Waals surface area contributed by atoms with Crippen molar-refractivity contribution in [2.75, 3.05) is 32.7 Å². The van der Waals surface area contributed by atoms with Crippen molar-refractivity contribution in [1.82, 2.24) is 9.80 Å². The van der Waals surface area contributed by atoms with Gasteiger partial charge in [-0.25, -0.2) is 13.2 Å². The number of carbonyl (C=O) groups excluding carboxylic acids is 1. The zero-order chi connectivity index (χ0) is 23.7. The number of carbonyl (C=O) groups is 1. The molecule has 34 heavy (non-hydrogen) atoms. The standard InChI is InChI=1S/C27H27F3N2OS/c28-23-4-1-18(2-5-23)19-7-10-31(11-8-19)14-22-15-32(16-24(22)21-9-12-34-17-21)27(33)20-3-6-25(29)26(30)13-20/h1-6,9,12-13,17,19,22,24H,7-8,10-11,14-16H2. The summed E-state index contributed by atoms with van der Waals surface area (Å²) >= 11 is 1.65. The van der Waals surface area contributed by atoms with Crippen molar-refractivity contribution < 1.29 is 18.0 Å². The molecule has 1 amide bonds. The molecule has 3 aromatic rings. The lowest BCUT2D eigenvalue weighted by molar-refractivity contribution is 0.0780. The van der Waals surface area contributed by atoms with Gasteiger partial charge in [0, 0.05) is 31.1 Å². The fourth-order valence-corrected chi connectivity index (χ4v) is 6.14. The van der Waals surface area contributed by atoms with Gasteiger partial charge in [-0.3, -0.25) is 4.79 Å². The average Bonchev–Trinajstić information content (AvgIpc) is 3.52. The van der Waals surface area contributed by atoms with Crippen molar-refractivity contribution in [2.24, 2.45) is 5.92 Å². The van der Waals surface area contributed by atoms with Crippen molar-refractivity contribution in [3.63, 3.8) is 0 Å². The Kier molecular flexibility index (Phi) is 6.75. The van der Waals surface area contributed by atoms with Gasteiger partial charge in [-0.05, 0) is 96.1 Å². The summed E-state index contributed by atoms with van der Waals surface area (Å²) in [7, 11) is 0. The van der Waals surface area contributed by atoms with E-state index in [1.807, 2.05) is 12.1 Å². The second-order valence-corrected chi connectivity index (χ2v) is 10.2. The minimum Gasteiger partial charge on any atom is -0.338 e. The lowest BCUT2D eigenvalue weighted by Crippen LogP contribution is -2.38. The summed E-state index contributed by atoms with van der Waals surface area (Å²) in [6.07, 6.45) is 2.05. The molecule has 2 aromatic carbocycles. The van der Waals surface area contributed by atoms with Gasteiger partial charge in [0.2, 0.25) is 0 Å². The van der Waals surface area contributed by atoms with Crippen LogP contribution in [0.1, 0.15) is 46.2 Å². The predicted octanol–water partition coefficient (Wildman–Crippen LogP) is 5.90. The quantitative estimate of drug-likeness (QED) is 0.450. The van der Waals surface area contributed by atoms with Crippen LogP contribution in [0.2, 0.25) is 0 Å². The van der Waals surface area contributed by atoms with E-state index in [2.05, 4.69) is 21.7 Å². The van der Waals surface area contributed by atoms with Crippen LogP contribution in [-0.4, -0.2) is 48.4 Å². The Morgan fingerprint density at radius 1 is 0.912 bits per heavy atom. The molecule has 0 aliphatic carbocycles. The fourth-order valence-electron chi connectivity index (χ4n) is 5.41. The lowest BCUT2D eigenvalue weighted by Gasteiger charge is -2.34. The van der Waals surface area contributed by atoms with E-state index in [0.29, 0.717) is 19.0 Å². The first-order valence-corrected chi connectivity index (χ1v) is 12.7. The molecule has 2 atom stereocenters. The summed E-state index contributed by atoms with van der Waals surface area (Å²) in [5.74, 6) is -1.47.